The van der Waals surface area contributed by atoms with Crippen LogP contribution in [0.1, 0.15) is 22.8 Å². The zero-order valence-corrected chi connectivity index (χ0v) is 13.1. The lowest BCUT2D eigenvalue weighted by molar-refractivity contribution is 0.276. The van der Waals surface area contributed by atoms with Crippen LogP contribution in [0, 0.1) is 12.8 Å². The number of nitrogens with one attached hydrogen (secondary N) is 1. The molecule has 1 saturated heterocycles. The Morgan fingerprint density at radius 2 is 2.43 bits per heavy atom. The predicted octanol–water partition coefficient (Wildman–Crippen LogP) is 2.21. The average Bonchev–Trinajstić information content (AvgIpc) is 2.85. The van der Waals surface area contributed by atoms with E-state index in [1.807, 2.05) is 11.6 Å². The molecule has 2 aliphatic rings. The van der Waals surface area contributed by atoms with Crippen molar-refractivity contribution in [2.75, 3.05) is 13.1 Å². The predicted molar refractivity (Wildman–Crippen MR) is 84.0 cm³/mol. The Balaban J connectivity index is 1.35. The molecule has 0 spiro atoms. The second-order valence-electron chi connectivity index (χ2n) is 6.28. The molecule has 3 heterocycles. The minimum absolute atomic E-state index is 0.343. The van der Waals surface area contributed by atoms with Gasteiger partial charge in [0.15, 0.2) is 0 Å². The summed E-state index contributed by atoms with van der Waals surface area (Å²) in [6.07, 6.45) is 3.20. The Morgan fingerprint density at radius 3 is 3.24 bits per heavy atom. The van der Waals surface area contributed by atoms with E-state index >= 15 is 0 Å². The van der Waals surface area contributed by atoms with Gasteiger partial charge in [0.25, 0.3) is 0 Å². The second-order valence-corrected chi connectivity index (χ2v) is 7.26. The van der Waals surface area contributed by atoms with Crippen molar-refractivity contribution in [3.8, 4) is 0 Å². The third kappa shape index (κ3) is 2.73. The molecule has 1 aliphatic carbocycles. The van der Waals surface area contributed by atoms with E-state index in [9.17, 15) is 0 Å². The van der Waals surface area contributed by atoms with Crippen LogP contribution in [0.5, 0.6) is 0 Å². The first-order valence-electron chi connectivity index (χ1n) is 7.52. The van der Waals surface area contributed by atoms with Gasteiger partial charge in [0.1, 0.15) is 5.01 Å². The molecular formula is C16H20N4S. The van der Waals surface area contributed by atoms with Gasteiger partial charge < -0.3 is 5.32 Å². The maximum absolute atomic E-state index is 4.62. The molecule has 0 bridgehead atoms. The smallest absolute Gasteiger partial charge is 0.106 e. The normalized spacial score (nSPS) is 27.8. The number of fused-ring (bicyclic) bond motifs is 1. The van der Waals surface area contributed by atoms with Gasteiger partial charge in [-0.3, -0.25) is 9.88 Å². The first-order chi connectivity index (χ1) is 10.2. The summed E-state index contributed by atoms with van der Waals surface area (Å²) < 4.78 is 0. The molecule has 4 rings (SSSR count). The molecule has 2 fully saturated rings. The molecule has 1 N–H and O–H groups in total. The van der Waals surface area contributed by atoms with Crippen molar-refractivity contribution in [1.82, 2.24) is 20.2 Å². The zero-order valence-electron chi connectivity index (χ0n) is 12.2. The maximum Gasteiger partial charge on any atom is 0.106 e. The Bertz CT molecular complexity index is 627. The van der Waals surface area contributed by atoms with Crippen LogP contribution in [-0.2, 0) is 13.1 Å². The highest BCUT2D eigenvalue weighted by Gasteiger charge is 2.59. The number of likely N-dealkylation sites (tertiary alicyclic amines) is 1. The summed E-state index contributed by atoms with van der Waals surface area (Å²) in [5, 5.41) is 6.98. The molecule has 0 aromatic carbocycles. The average molecular weight is 300 g/mol. The maximum atomic E-state index is 4.62. The largest absolute Gasteiger partial charge is 0.303 e. The summed E-state index contributed by atoms with van der Waals surface area (Å²) in [6, 6.07) is 6.29. The van der Waals surface area contributed by atoms with Crippen LogP contribution in [0.3, 0.4) is 0 Å². The second kappa shape index (κ2) is 5.16. The molecular weight excluding hydrogens is 280 g/mol. The third-order valence-electron chi connectivity index (χ3n) is 4.62. The summed E-state index contributed by atoms with van der Waals surface area (Å²) in [5.74, 6) is 0.808. The summed E-state index contributed by atoms with van der Waals surface area (Å²) in [4.78, 5) is 11.5. The molecule has 2 aromatic heterocycles. The number of pyridine rings is 1. The van der Waals surface area contributed by atoms with Crippen LogP contribution in [0.15, 0.2) is 29.8 Å². The van der Waals surface area contributed by atoms with Crippen LogP contribution in [-0.4, -0.2) is 33.5 Å². The molecule has 0 radical (unpaired) electrons. The SMILES string of the molecule is Cc1cccc(CN2CC3C[C@]3(NCc3nccs3)C2)n1. The van der Waals surface area contributed by atoms with Crippen LogP contribution >= 0.6 is 11.3 Å². The number of aromatic nitrogens is 2. The molecule has 2 atom stereocenters. The standard InChI is InChI=1S/C16H20N4S/c1-12-3-2-4-14(19-12)10-20-9-13-7-16(13,11-20)18-8-15-17-5-6-21-15/h2-6,13,18H,7-11H2,1H3/t13?,16-/m0/s1. The van der Waals surface area contributed by atoms with E-state index in [0.717, 1.165) is 31.2 Å². The Labute approximate surface area is 129 Å². The molecule has 2 aromatic rings. The lowest BCUT2D eigenvalue weighted by atomic mass is 10.2. The number of aryl methyl sites for hydroxylation is 1. The fraction of sp³-hybridized carbons (Fsp3) is 0.500. The minimum atomic E-state index is 0.343. The van der Waals surface area contributed by atoms with E-state index in [-0.39, 0.29) is 0 Å². The molecule has 1 aliphatic heterocycles. The molecule has 5 heteroatoms. The van der Waals surface area contributed by atoms with Crippen molar-refractivity contribution < 1.29 is 0 Å². The Hall–Kier alpha value is -1.30. The monoisotopic (exact) mass is 300 g/mol. The molecule has 21 heavy (non-hydrogen) atoms. The number of nitrogens with zero attached hydrogens (tertiary/aromatic N) is 3. The molecule has 1 saturated carbocycles. The summed E-state index contributed by atoms with van der Waals surface area (Å²) >= 11 is 1.73. The molecule has 0 amide bonds. The topological polar surface area (TPSA) is 41.0 Å². The van der Waals surface area contributed by atoms with E-state index in [1.54, 1.807) is 11.3 Å². The number of rotatable bonds is 5. The van der Waals surface area contributed by atoms with Crippen molar-refractivity contribution >= 4 is 11.3 Å². The highest BCUT2D eigenvalue weighted by molar-refractivity contribution is 7.09. The van der Waals surface area contributed by atoms with Gasteiger partial charge in [-0.25, -0.2) is 4.98 Å². The van der Waals surface area contributed by atoms with Gasteiger partial charge in [0.05, 0.1) is 5.69 Å². The number of hydrogen-bond acceptors (Lipinski definition) is 5. The third-order valence-corrected chi connectivity index (χ3v) is 5.40. The van der Waals surface area contributed by atoms with Gasteiger partial charge in [-0.1, -0.05) is 6.07 Å². The first kappa shape index (κ1) is 13.4. The number of piperidine rings is 1. The first-order valence-corrected chi connectivity index (χ1v) is 8.40. The quantitative estimate of drug-likeness (QED) is 0.919. The van der Waals surface area contributed by atoms with Gasteiger partial charge in [0, 0.05) is 49.0 Å². The number of thiazole rings is 1. The minimum Gasteiger partial charge on any atom is -0.303 e. The van der Waals surface area contributed by atoms with Crippen LogP contribution in [0.4, 0.5) is 0 Å². The summed E-state index contributed by atoms with van der Waals surface area (Å²) in [6.45, 7) is 6.27. The Kier molecular flexibility index (Phi) is 3.28. The van der Waals surface area contributed by atoms with Gasteiger partial charge in [-0.2, -0.15) is 0 Å². The van der Waals surface area contributed by atoms with Gasteiger partial charge >= 0.3 is 0 Å². The van der Waals surface area contributed by atoms with Crippen LogP contribution in [0.2, 0.25) is 0 Å². The molecule has 4 nitrogen and oxygen atoms in total. The summed E-state index contributed by atoms with van der Waals surface area (Å²) in [7, 11) is 0. The van der Waals surface area contributed by atoms with Crippen molar-refractivity contribution in [3.05, 3.63) is 46.2 Å². The van der Waals surface area contributed by atoms with E-state index in [1.165, 1.54) is 23.7 Å². The zero-order chi connectivity index (χ0) is 14.3. The lowest BCUT2D eigenvalue weighted by Crippen LogP contribution is -2.38. The van der Waals surface area contributed by atoms with Crippen LogP contribution < -0.4 is 5.32 Å². The van der Waals surface area contributed by atoms with E-state index in [4.69, 9.17) is 0 Å². The fourth-order valence-corrected chi connectivity index (χ4v) is 4.05. The van der Waals surface area contributed by atoms with Crippen molar-refractivity contribution in [3.63, 3.8) is 0 Å². The van der Waals surface area contributed by atoms with Gasteiger partial charge in [-0.15, -0.1) is 11.3 Å². The molecule has 110 valence electrons. The van der Waals surface area contributed by atoms with Gasteiger partial charge in [-0.05, 0) is 31.4 Å². The Morgan fingerprint density at radius 1 is 1.48 bits per heavy atom. The van der Waals surface area contributed by atoms with E-state index in [2.05, 4.69) is 45.3 Å². The fourth-order valence-electron chi connectivity index (χ4n) is 3.49. The van der Waals surface area contributed by atoms with E-state index in [0.29, 0.717) is 5.54 Å². The highest BCUT2D eigenvalue weighted by atomic mass is 32.1. The van der Waals surface area contributed by atoms with Gasteiger partial charge in [0.2, 0.25) is 0 Å². The summed E-state index contributed by atoms with van der Waals surface area (Å²) in [5.41, 5.74) is 2.63. The van der Waals surface area contributed by atoms with Crippen molar-refractivity contribution in [1.29, 1.82) is 0 Å². The molecule has 1 unspecified atom stereocenters. The van der Waals surface area contributed by atoms with Crippen LogP contribution in [0.25, 0.3) is 0 Å². The van der Waals surface area contributed by atoms with E-state index < -0.39 is 0 Å². The lowest BCUT2D eigenvalue weighted by Gasteiger charge is -2.21. The highest BCUT2D eigenvalue weighted by Crippen LogP contribution is 2.49. The van der Waals surface area contributed by atoms with Crippen molar-refractivity contribution in [2.45, 2.75) is 32.0 Å². The van der Waals surface area contributed by atoms with Crippen molar-refractivity contribution in [2.24, 2.45) is 5.92 Å². The number of hydrogen-bond donors (Lipinski definition) is 1.